The Bertz CT molecular complexity index is 1290. The van der Waals surface area contributed by atoms with Crippen LogP contribution in [0.1, 0.15) is 11.1 Å². The topological polar surface area (TPSA) is 84.9 Å². The van der Waals surface area contributed by atoms with Gasteiger partial charge in [-0.25, -0.2) is 14.1 Å². The molecular formula is C25H18FIN2O5. The summed E-state index contributed by atoms with van der Waals surface area (Å²) in [6.07, 6.45) is 1.35. The smallest absolute Gasteiger partial charge is 0.335 e. The summed E-state index contributed by atoms with van der Waals surface area (Å²) in [5.74, 6) is -1.26. The lowest BCUT2D eigenvalue weighted by Crippen LogP contribution is -2.54. The number of imide groups is 2. The van der Waals surface area contributed by atoms with Crippen LogP contribution < -0.4 is 19.7 Å². The Balaban J connectivity index is 1.58. The van der Waals surface area contributed by atoms with Crippen molar-refractivity contribution in [2.75, 3.05) is 12.0 Å². The number of ether oxygens (including phenoxy) is 2. The quantitative estimate of drug-likeness (QED) is 0.264. The van der Waals surface area contributed by atoms with Crippen molar-refractivity contribution in [2.24, 2.45) is 0 Å². The number of benzene rings is 3. The molecule has 3 aromatic rings. The summed E-state index contributed by atoms with van der Waals surface area (Å²) in [6.45, 7) is 0.337. The lowest BCUT2D eigenvalue weighted by Gasteiger charge is -2.26. The maximum absolute atomic E-state index is 13.3. The van der Waals surface area contributed by atoms with Crippen LogP contribution in [0.25, 0.3) is 6.08 Å². The molecule has 1 N–H and O–H groups in total. The number of hydrogen-bond donors (Lipinski definition) is 1. The molecule has 4 amide bonds. The van der Waals surface area contributed by atoms with E-state index in [-0.39, 0.29) is 11.3 Å². The molecule has 3 aromatic carbocycles. The number of nitrogens with zero attached hydrogens (tertiary/aromatic N) is 1. The highest BCUT2D eigenvalue weighted by atomic mass is 127. The number of amides is 4. The van der Waals surface area contributed by atoms with E-state index in [0.29, 0.717) is 23.7 Å². The van der Waals surface area contributed by atoms with Gasteiger partial charge in [-0.15, -0.1) is 0 Å². The van der Waals surface area contributed by atoms with Crippen molar-refractivity contribution < 1.29 is 28.2 Å². The van der Waals surface area contributed by atoms with Crippen molar-refractivity contribution in [2.45, 2.75) is 6.61 Å². The molecule has 0 aliphatic carbocycles. The van der Waals surface area contributed by atoms with Crippen molar-refractivity contribution >= 4 is 52.2 Å². The maximum atomic E-state index is 13.3. The molecule has 1 fully saturated rings. The largest absolute Gasteiger partial charge is 0.493 e. The summed E-state index contributed by atoms with van der Waals surface area (Å²) in [5.41, 5.74) is 1.37. The van der Waals surface area contributed by atoms with Crippen LogP contribution in [0.5, 0.6) is 11.5 Å². The average molecular weight is 572 g/mol. The van der Waals surface area contributed by atoms with E-state index in [4.69, 9.17) is 9.47 Å². The van der Waals surface area contributed by atoms with E-state index in [1.807, 2.05) is 24.3 Å². The molecule has 7 nitrogen and oxygen atoms in total. The van der Waals surface area contributed by atoms with Gasteiger partial charge in [0.05, 0.1) is 12.8 Å². The Kier molecular flexibility index (Phi) is 6.92. The number of carbonyl (C=O) groups is 3. The summed E-state index contributed by atoms with van der Waals surface area (Å²) in [6, 6.07) is 16.8. The van der Waals surface area contributed by atoms with E-state index in [2.05, 4.69) is 27.9 Å². The molecule has 0 unspecified atom stereocenters. The minimum Gasteiger partial charge on any atom is -0.493 e. The first-order valence-corrected chi connectivity index (χ1v) is 11.2. The lowest BCUT2D eigenvalue weighted by molar-refractivity contribution is -0.122. The average Bonchev–Trinajstić information content (AvgIpc) is 2.83. The highest BCUT2D eigenvalue weighted by Crippen LogP contribution is 2.30. The number of hydrogen-bond acceptors (Lipinski definition) is 5. The summed E-state index contributed by atoms with van der Waals surface area (Å²) < 4.78 is 25.7. The van der Waals surface area contributed by atoms with Crippen LogP contribution >= 0.6 is 22.6 Å². The first-order chi connectivity index (χ1) is 16.4. The Hall–Kier alpha value is -3.73. The van der Waals surface area contributed by atoms with Crippen LogP contribution in [0.2, 0.25) is 0 Å². The summed E-state index contributed by atoms with van der Waals surface area (Å²) in [7, 11) is 1.48. The zero-order chi connectivity index (χ0) is 24.2. The van der Waals surface area contributed by atoms with Crippen LogP contribution in [-0.2, 0) is 16.2 Å². The fourth-order valence-electron chi connectivity index (χ4n) is 3.28. The standard InChI is InChI=1S/C25H18FIN2O5/c1-33-22-13-16(4-11-21(22)34-14-15-2-7-18(27)8-3-15)12-20-23(30)28-25(32)29(24(20)31)19-9-5-17(26)6-10-19/h2-13H,14H2,1H3,(H,28,30,32)/b20-12+. The Morgan fingerprint density at radius 3 is 2.35 bits per heavy atom. The summed E-state index contributed by atoms with van der Waals surface area (Å²) in [4.78, 5) is 38.4. The van der Waals surface area contributed by atoms with Crippen LogP contribution in [-0.4, -0.2) is 25.0 Å². The third-order valence-corrected chi connectivity index (χ3v) is 5.71. The van der Waals surface area contributed by atoms with Gasteiger partial charge in [0.15, 0.2) is 11.5 Å². The van der Waals surface area contributed by atoms with Crippen molar-refractivity contribution in [3.8, 4) is 11.5 Å². The van der Waals surface area contributed by atoms with E-state index in [1.165, 1.54) is 25.3 Å². The predicted octanol–water partition coefficient (Wildman–Crippen LogP) is 4.68. The second-order valence-electron chi connectivity index (χ2n) is 7.26. The zero-order valence-electron chi connectivity index (χ0n) is 17.9. The number of barbiturate groups is 1. The molecule has 9 heteroatoms. The second kappa shape index (κ2) is 10.0. The summed E-state index contributed by atoms with van der Waals surface area (Å²) in [5, 5.41) is 2.13. The van der Waals surface area contributed by atoms with E-state index in [0.717, 1.165) is 26.2 Å². The lowest BCUT2D eigenvalue weighted by atomic mass is 10.1. The van der Waals surface area contributed by atoms with Gasteiger partial charge in [-0.3, -0.25) is 14.9 Å². The first-order valence-electron chi connectivity index (χ1n) is 10.1. The molecule has 34 heavy (non-hydrogen) atoms. The Labute approximate surface area is 208 Å². The molecule has 0 saturated carbocycles. The zero-order valence-corrected chi connectivity index (χ0v) is 20.0. The normalized spacial score (nSPS) is 14.9. The summed E-state index contributed by atoms with van der Waals surface area (Å²) >= 11 is 2.23. The minimum absolute atomic E-state index is 0.138. The monoisotopic (exact) mass is 572 g/mol. The van der Waals surface area contributed by atoms with Gasteiger partial charge in [-0.05, 0) is 88.3 Å². The molecule has 1 saturated heterocycles. The molecule has 1 aliphatic heterocycles. The fraction of sp³-hybridized carbons (Fsp3) is 0.0800. The van der Waals surface area contributed by atoms with Crippen LogP contribution in [0.3, 0.4) is 0 Å². The van der Waals surface area contributed by atoms with Gasteiger partial charge in [0, 0.05) is 3.57 Å². The number of methoxy groups -OCH3 is 1. The van der Waals surface area contributed by atoms with Crippen molar-refractivity contribution in [1.29, 1.82) is 0 Å². The number of rotatable bonds is 6. The second-order valence-corrected chi connectivity index (χ2v) is 8.51. The molecule has 0 spiro atoms. The number of carbonyl (C=O) groups excluding carboxylic acids is 3. The molecule has 0 radical (unpaired) electrons. The molecule has 4 rings (SSSR count). The van der Waals surface area contributed by atoms with Crippen molar-refractivity contribution in [3.63, 3.8) is 0 Å². The third-order valence-electron chi connectivity index (χ3n) is 4.99. The number of anilines is 1. The number of urea groups is 1. The van der Waals surface area contributed by atoms with Crippen molar-refractivity contribution in [3.05, 3.63) is 92.8 Å². The molecule has 172 valence electrons. The molecule has 1 heterocycles. The van der Waals surface area contributed by atoms with Gasteiger partial charge in [-0.2, -0.15) is 0 Å². The molecular weight excluding hydrogens is 554 g/mol. The van der Waals surface area contributed by atoms with Gasteiger partial charge in [0.1, 0.15) is 18.0 Å². The molecule has 0 bridgehead atoms. The van der Waals surface area contributed by atoms with Gasteiger partial charge < -0.3 is 9.47 Å². The Morgan fingerprint density at radius 2 is 1.68 bits per heavy atom. The van der Waals surface area contributed by atoms with Crippen molar-refractivity contribution in [1.82, 2.24) is 5.32 Å². The number of halogens is 2. The molecule has 0 aromatic heterocycles. The van der Waals surface area contributed by atoms with E-state index in [9.17, 15) is 18.8 Å². The van der Waals surface area contributed by atoms with Gasteiger partial charge >= 0.3 is 6.03 Å². The highest BCUT2D eigenvalue weighted by molar-refractivity contribution is 14.1. The van der Waals surface area contributed by atoms with Crippen LogP contribution in [0, 0.1) is 9.39 Å². The van der Waals surface area contributed by atoms with E-state index >= 15 is 0 Å². The SMILES string of the molecule is COc1cc(/C=C2\C(=O)NC(=O)N(c3ccc(F)cc3)C2=O)ccc1OCc1ccc(I)cc1. The fourth-order valence-corrected chi connectivity index (χ4v) is 3.64. The minimum atomic E-state index is -0.907. The van der Waals surface area contributed by atoms with Gasteiger partial charge in [-0.1, -0.05) is 18.2 Å². The Morgan fingerprint density at radius 1 is 0.971 bits per heavy atom. The number of nitrogens with one attached hydrogen (secondary N) is 1. The van der Waals surface area contributed by atoms with Crippen LogP contribution in [0.4, 0.5) is 14.9 Å². The highest BCUT2D eigenvalue weighted by Gasteiger charge is 2.36. The van der Waals surface area contributed by atoms with E-state index in [1.54, 1.807) is 18.2 Å². The molecule has 0 atom stereocenters. The first kappa shape index (κ1) is 23.4. The third kappa shape index (κ3) is 5.09. The maximum Gasteiger partial charge on any atom is 0.335 e. The van der Waals surface area contributed by atoms with Gasteiger partial charge in [0.2, 0.25) is 0 Å². The van der Waals surface area contributed by atoms with Gasteiger partial charge in [0.25, 0.3) is 11.8 Å². The van der Waals surface area contributed by atoms with E-state index < -0.39 is 23.7 Å². The molecule has 1 aliphatic rings. The van der Waals surface area contributed by atoms with Crippen LogP contribution in [0.15, 0.2) is 72.3 Å². The predicted molar refractivity (Wildman–Crippen MR) is 132 cm³/mol.